The highest BCUT2D eigenvalue weighted by molar-refractivity contribution is 5.95. The lowest BCUT2D eigenvalue weighted by atomic mass is 9.92. The number of aryl methyl sites for hydroxylation is 1. The maximum Gasteiger partial charge on any atom is 0.450 e. The standard InChI is InChI=1S/C19H17F6NO4/c1-8-6-12(16(30-8)19(23,24)25)17(29)26-14-11(7-13(27)15(14)28)9-2-4-10(5-3-9)18(20,21)22/h2-6,11,13-15,27-28H,7H2,1H3,(H,26,29)/t11-,13-,14-,15-/m1/s1. The van der Waals surface area contributed by atoms with Crippen LogP contribution in [0.25, 0.3) is 0 Å². The molecule has 1 aliphatic carbocycles. The molecule has 0 aliphatic heterocycles. The molecule has 11 heteroatoms. The molecule has 0 spiro atoms. The van der Waals surface area contributed by atoms with Gasteiger partial charge < -0.3 is 19.9 Å². The Hall–Kier alpha value is -2.53. The summed E-state index contributed by atoms with van der Waals surface area (Å²) in [5.74, 6) is -3.66. The van der Waals surface area contributed by atoms with Crippen LogP contribution in [-0.4, -0.2) is 34.4 Å². The Morgan fingerprint density at radius 3 is 2.20 bits per heavy atom. The number of carbonyl (C=O) groups is 1. The summed E-state index contributed by atoms with van der Waals surface area (Å²) in [6, 6.07) is 3.57. The first-order valence-corrected chi connectivity index (χ1v) is 8.81. The number of nitrogens with one attached hydrogen (secondary N) is 1. The summed E-state index contributed by atoms with van der Waals surface area (Å²) in [6.07, 6.45) is -12.4. The predicted octanol–water partition coefficient (Wildman–Crippen LogP) is 3.63. The summed E-state index contributed by atoms with van der Waals surface area (Å²) in [5, 5.41) is 22.5. The van der Waals surface area contributed by atoms with E-state index in [1.165, 1.54) is 6.92 Å². The molecule has 4 atom stereocenters. The van der Waals surface area contributed by atoms with E-state index in [0.29, 0.717) is 0 Å². The maximum absolute atomic E-state index is 13.1. The molecular formula is C19H17F6NO4. The zero-order chi connectivity index (χ0) is 22.4. The van der Waals surface area contributed by atoms with Gasteiger partial charge in [0.2, 0.25) is 5.76 Å². The molecule has 3 N–H and O–H groups in total. The molecular weight excluding hydrogens is 420 g/mol. The maximum atomic E-state index is 13.1. The summed E-state index contributed by atoms with van der Waals surface area (Å²) in [5.41, 5.74) is -1.42. The van der Waals surface area contributed by atoms with Crippen LogP contribution < -0.4 is 5.32 Å². The summed E-state index contributed by atoms with van der Waals surface area (Å²) < 4.78 is 82.1. The number of amides is 1. The van der Waals surface area contributed by atoms with Crippen LogP contribution in [-0.2, 0) is 12.4 Å². The highest BCUT2D eigenvalue weighted by Gasteiger charge is 2.45. The third-order valence-corrected chi connectivity index (χ3v) is 5.01. The molecule has 1 aromatic heterocycles. The van der Waals surface area contributed by atoms with Crippen molar-refractivity contribution in [2.24, 2.45) is 0 Å². The van der Waals surface area contributed by atoms with Gasteiger partial charge in [0.25, 0.3) is 5.91 Å². The van der Waals surface area contributed by atoms with Crippen LogP contribution in [0, 0.1) is 6.92 Å². The number of halogens is 6. The SMILES string of the molecule is Cc1cc(C(=O)N[C@H]2[C@H](O)[C@H](O)C[C@@H]2c2ccc(C(F)(F)F)cc2)c(C(F)(F)F)o1. The van der Waals surface area contributed by atoms with Gasteiger partial charge in [-0.1, -0.05) is 12.1 Å². The largest absolute Gasteiger partial charge is 0.456 e. The fraction of sp³-hybridized carbons (Fsp3) is 0.421. The van der Waals surface area contributed by atoms with Crippen molar-refractivity contribution in [2.75, 3.05) is 0 Å². The number of aliphatic hydroxyl groups is 2. The van der Waals surface area contributed by atoms with E-state index in [2.05, 4.69) is 9.73 Å². The minimum Gasteiger partial charge on any atom is -0.456 e. The van der Waals surface area contributed by atoms with E-state index < -0.39 is 59.3 Å². The second kappa shape index (κ2) is 7.62. The van der Waals surface area contributed by atoms with E-state index in [4.69, 9.17) is 0 Å². The van der Waals surface area contributed by atoms with Gasteiger partial charge in [-0.2, -0.15) is 26.3 Å². The Morgan fingerprint density at radius 2 is 1.67 bits per heavy atom. The lowest BCUT2D eigenvalue weighted by molar-refractivity contribution is -0.153. The van der Waals surface area contributed by atoms with Crippen molar-refractivity contribution in [3.8, 4) is 0 Å². The third-order valence-electron chi connectivity index (χ3n) is 5.01. The van der Waals surface area contributed by atoms with Gasteiger partial charge >= 0.3 is 12.4 Å². The Bertz CT molecular complexity index is 919. The van der Waals surface area contributed by atoms with E-state index in [9.17, 15) is 41.4 Å². The van der Waals surface area contributed by atoms with Gasteiger partial charge in [0.15, 0.2) is 0 Å². The normalized spacial score (nSPS) is 24.8. The van der Waals surface area contributed by atoms with Gasteiger partial charge in [0.1, 0.15) is 11.9 Å². The molecule has 2 aromatic rings. The molecule has 164 valence electrons. The van der Waals surface area contributed by atoms with Crippen molar-refractivity contribution in [3.63, 3.8) is 0 Å². The van der Waals surface area contributed by atoms with Crippen LogP contribution >= 0.6 is 0 Å². The van der Waals surface area contributed by atoms with Gasteiger partial charge in [0, 0.05) is 5.92 Å². The number of alkyl halides is 6. The van der Waals surface area contributed by atoms with Crippen LogP contribution in [0.5, 0.6) is 0 Å². The molecule has 0 radical (unpaired) electrons. The number of benzene rings is 1. The number of carbonyl (C=O) groups excluding carboxylic acids is 1. The van der Waals surface area contributed by atoms with Crippen molar-refractivity contribution >= 4 is 5.91 Å². The Morgan fingerprint density at radius 1 is 1.07 bits per heavy atom. The van der Waals surface area contributed by atoms with E-state index in [-0.39, 0.29) is 17.7 Å². The first-order valence-electron chi connectivity index (χ1n) is 8.81. The van der Waals surface area contributed by atoms with Gasteiger partial charge in [-0.25, -0.2) is 0 Å². The zero-order valence-electron chi connectivity index (χ0n) is 15.4. The fourth-order valence-electron chi connectivity index (χ4n) is 3.59. The lowest BCUT2D eigenvalue weighted by Crippen LogP contribution is -2.45. The summed E-state index contributed by atoms with van der Waals surface area (Å²) in [4.78, 5) is 12.5. The minimum absolute atomic E-state index is 0.103. The Kier molecular flexibility index (Phi) is 5.63. The zero-order valence-corrected chi connectivity index (χ0v) is 15.4. The fourth-order valence-corrected chi connectivity index (χ4v) is 3.59. The monoisotopic (exact) mass is 437 g/mol. The quantitative estimate of drug-likeness (QED) is 0.641. The summed E-state index contributed by atoms with van der Waals surface area (Å²) in [7, 11) is 0. The number of hydrogen-bond donors (Lipinski definition) is 3. The second-order valence-corrected chi connectivity index (χ2v) is 7.12. The minimum atomic E-state index is -4.93. The summed E-state index contributed by atoms with van der Waals surface area (Å²) >= 11 is 0. The van der Waals surface area contributed by atoms with Crippen molar-refractivity contribution in [1.29, 1.82) is 0 Å². The average Bonchev–Trinajstić information content (AvgIpc) is 3.16. The molecule has 3 rings (SSSR count). The van der Waals surface area contributed by atoms with Crippen LogP contribution in [0.3, 0.4) is 0 Å². The van der Waals surface area contributed by atoms with Crippen molar-refractivity contribution in [1.82, 2.24) is 5.32 Å². The molecule has 5 nitrogen and oxygen atoms in total. The molecule has 1 heterocycles. The second-order valence-electron chi connectivity index (χ2n) is 7.12. The Labute approximate surface area is 166 Å². The molecule has 0 bridgehead atoms. The number of rotatable bonds is 3. The molecule has 30 heavy (non-hydrogen) atoms. The molecule has 1 aromatic carbocycles. The number of aliphatic hydroxyl groups excluding tert-OH is 2. The van der Waals surface area contributed by atoms with Crippen molar-refractivity contribution in [2.45, 2.75) is 49.9 Å². The van der Waals surface area contributed by atoms with Crippen LogP contribution in [0.4, 0.5) is 26.3 Å². The lowest BCUT2D eigenvalue weighted by Gasteiger charge is -2.24. The highest BCUT2D eigenvalue weighted by Crippen LogP contribution is 2.38. The van der Waals surface area contributed by atoms with Crippen molar-refractivity contribution in [3.05, 3.63) is 58.5 Å². The number of hydrogen-bond acceptors (Lipinski definition) is 4. The van der Waals surface area contributed by atoms with E-state index in [1.807, 2.05) is 0 Å². The van der Waals surface area contributed by atoms with Gasteiger partial charge in [0.05, 0.1) is 23.3 Å². The van der Waals surface area contributed by atoms with E-state index >= 15 is 0 Å². The first-order chi connectivity index (χ1) is 13.8. The molecule has 1 amide bonds. The van der Waals surface area contributed by atoms with Crippen LogP contribution in [0.1, 0.15) is 45.3 Å². The molecule has 0 saturated heterocycles. The summed E-state index contributed by atoms with van der Waals surface area (Å²) in [6.45, 7) is 1.23. The topological polar surface area (TPSA) is 82.7 Å². The predicted molar refractivity (Wildman–Crippen MR) is 90.5 cm³/mol. The average molecular weight is 437 g/mol. The Balaban J connectivity index is 1.87. The van der Waals surface area contributed by atoms with Crippen molar-refractivity contribution < 1.29 is 45.8 Å². The number of furan rings is 1. The highest BCUT2D eigenvalue weighted by atomic mass is 19.4. The molecule has 1 aliphatic rings. The molecule has 1 fully saturated rings. The van der Waals surface area contributed by atoms with Crippen LogP contribution in [0.2, 0.25) is 0 Å². The van der Waals surface area contributed by atoms with Gasteiger partial charge in [-0.15, -0.1) is 0 Å². The third kappa shape index (κ3) is 4.31. The van der Waals surface area contributed by atoms with Gasteiger partial charge in [-0.05, 0) is 37.1 Å². The van der Waals surface area contributed by atoms with E-state index in [0.717, 1.165) is 30.3 Å². The van der Waals surface area contributed by atoms with E-state index in [1.54, 1.807) is 0 Å². The smallest absolute Gasteiger partial charge is 0.450 e. The molecule has 1 saturated carbocycles. The van der Waals surface area contributed by atoms with Gasteiger partial charge in [-0.3, -0.25) is 4.79 Å². The first kappa shape index (κ1) is 22.2. The van der Waals surface area contributed by atoms with Crippen LogP contribution in [0.15, 0.2) is 34.7 Å². The molecule has 0 unspecified atom stereocenters.